The molecular formula is C12H29N3. The van der Waals surface area contributed by atoms with Gasteiger partial charge in [0, 0.05) is 39.3 Å². The van der Waals surface area contributed by atoms with E-state index >= 15 is 0 Å². The lowest BCUT2D eigenvalue weighted by Crippen LogP contribution is -2.46. The molecule has 1 rings (SSSR count). The smallest absolute Gasteiger partial charge is 0.0110 e. The molecule has 0 atom stereocenters. The molecule has 0 aromatic carbocycles. The average Bonchev–Trinajstić information content (AvgIpc) is 2.34. The van der Waals surface area contributed by atoms with E-state index in [1.807, 2.05) is 13.8 Å². The van der Waals surface area contributed by atoms with Gasteiger partial charge in [-0.15, -0.1) is 0 Å². The largest absolute Gasteiger partial charge is 0.314 e. The van der Waals surface area contributed by atoms with E-state index in [2.05, 4.69) is 29.0 Å². The van der Waals surface area contributed by atoms with E-state index in [-0.39, 0.29) is 0 Å². The fourth-order valence-corrected chi connectivity index (χ4v) is 1.76. The van der Waals surface area contributed by atoms with Crippen LogP contribution >= 0.6 is 0 Å². The molecule has 0 saturated carbocycles. The van der Waals surface area contributed by atoms with Gasteiger partial charge in [0.2, 0.25) is 0 Å². The Morgan fingerprint density at radius 2 is 1.60 bits per heavy atom. The van der Waals surface area contributed by atoms with Crippen molar-refractivity contribution >= 4 is 0 Å². The molecule has 0 aromatic heterocycles. The van der Waals surface area contributed by atoms with Crippen molar-refractivity contribution in [2.24, 2.45) is 0 Å². The SMILES string of the molecule is CC.CCN(CC)CCN1CCNCC1. The van der Waals surface area contributed by atoms with Gasteiger partial charge in [-0.1, -0.05) is 27.7 Å². The summed E-state index contributed by atoms with van der Waals surface area (Å²) in [7, 11) is 0. The van der Waals surface area contributed by atoms with Crippen LogP contribution in [0.3, 0.4) is 0 Å². The maximum atomic E-state index is 3.38. The molecule has 15 heavy (non-hydrogen) atoms. The number of likely N-dealkylation sites (N-methyl/N-ethyl adjacent to an activating group) is 1. The van der Waals surface area contributed by atoms with Crippen LogP contribution in [-0.4, -0.2) is 62.2 Å². The molecule has 1 heterocycles. The molecule has 1 fully saturated rings. The molecular weight excluding hydrogens is 186 g/mol. The molecule has 1 saturated heterocycles. The molecule has 0 aromatic rings. The molecule has 1 aliphatic rings. The van der Waals surface area contributed by atoms with Crippen molar-refractivity contribution < 1.29 is 0 Å². The zero-order valence-corrected chi connectivity index (χ0v) is 11.1. The van der Waals surface area contributed by atoms with Gasteiger partial charge in [0.15, 0.2) is 0 Å². The first-order chi connectivity index (χ1) is 7.36. The maximum Gasteiger partial charge on any atom is 0.0110 e. The lowest BCUT2D eigenvalue weighted by Gasteiger charge is -2.29. The number of nitrogens with one attached hydrogen (secondary N) is 1. The fourth-order valence-electron chi connectivity index (χ4n) is 1.76. The van der Waals surface area contributed by atoms with Crippen LogP contribution < -0.4 is 5.32 Å². The lowest BCUT2D eigenvalue weighted by molar-refractivity contribution is 0.197. The van der Waals surface area contributed by atoms with Crippen molar-refractivity contribution in [2.45, 2.75) is 27.7 Å². The fraction of sp³-hybridized carbons (Fsp3) is 1.00. The van der Waals surface area contributed by atoms with Gasteiger partial charge < -0.3 is 10.2 Å². The highest BCUT2D eigenvalue weighted by molar-refractivity contribution is 4.68. The summed E-state index contributed by atoms with van der Waals surface area (Å²) in [6, 6.07) is 0. The molecule has 1 aliphatic heterocycles. The summed E-state index contributed by atoms with van der Waals surface area (Å²) in [5.41, 5.74) is 0. The Labute approximate surface area is 95.8 Å². The molecule has 3 heteroatoms. The molecule has 92 valence electrons. The Hall–Kier alpha value is -0.120. The van der Waals surface area contributed by atoms with E-state index in [4.69, 9.17) is 0 Å². The van der Waals surface area contributed by atoms with E-state index in [1.165, 1.54) is 39.3 Å². The Balaban J connectivity index is 0.000000921. The number of hydrogen-bond donors (Lipinski definition) is 1. The van der Waals surface area contributed by atoms with Crippen LogP contribution in [0.2, 0.25) is 0 Å². The third-order valence-electron chi connectivity index (χ3n) is 2.84. The molecule has 0 unspecified atom stereocenters. The topological polar surface area (TPSA) is 18.5 Å². The van der Waals surface area contributed by atoms with Crippen LogP contribution in [0.5, 0.6) is 0 Å². The van der Waals surface area contributed by atoms with E-state index in [0.717, 1.165) is 13.1 Å². The van der Waals surface area contributed by atoms with Crippen molar-refractivity contribution in [2.75, 3.05) is 52.4 Å². The van der Waals surface area contributed by atoms with Crippen LogP contribution in [-0.2, 0) is 0 Å². The lowest BCUT2D eigenvalue weighted by atomic mass is 10.3. The van der Waals surface area contributed by atoms with Gasteiger partial charge in [0.05, 0.1) is 0 Å². The van der Waals surface area contributed by atoms with Crippen LogP contribution in [0.25, 0.3) is 0 Å². The zero-order valence-electron chi connectivity index (χ0n) is 11.1. The second kappa shape index (κ2) is 10.4. The van der Waals surface area contributed by atoms with Crippen LogP contribution in [0.15, 0.2) is 0 Å². The predicted octanol–water partition coefficient (Wildman–Crippen LogP) is 1.26. The van der Waals surface area contributed by atoms with Crippen LogP contribution in [0.1, 0.15) is 27.7 Å². The zero-order chi connectivity index (χ0) is 11.5. The minimum atomic E-state index is 1.16. The average molecular weight is 215 g/mol. The van der Waals surface area contributed by atoms with Crippen LogP contribution in [0.4, 0.5) is 0 Å². The Morgan fingerprint density at radius 3 is 2.07 bits per heavy atom. The molecule has 1 N–H and O–H groups in total. The number of hydrogen-bond acceptors (Lipinski definition) is 3. The molecule has 0 bridgehead atoms. The summed E-state index contributed by atoms with van der Waals surface area (Å²) in [5, 5.41) is 3.38. The predicted molar refractivity (Wildman–Crippen MR) is 68.4 cm³/mol. The summed E-state index contributed by atoms with van der Waals surface area (Å²) in [5.74, 6) is 0. The van der Waals surface area contributed by atoms with Gasteiger partial charge in [-0.25, -0.2) is 0 Å². The van der Waals surface area contributed by atoms with E-state index in [0.29, 0.717) is 0 Å². The van der Waals surface area contributed by atoms with Gasteiger partial charge in [0.1, 0.15) is 0 Å². The van der Waals surface area contributed by atoms with Crippen molar-refractivity contribution in [1.82, 2.24) is 15.1 Å². The summed E-state index contributed by atoms with van der Waals surface area (Å²) >= 11 is 0. The van der Waals surface area contributed by atoms with E-state index < -0.39 is 0 Å². The van der Waals surface area contributed by atoms with Gasteiger partial charge in [-0.3, -0.25) is 4.90 Å². The second-order valence-electron chi connectivity index (χ2n) is 3.62. The monoisotopic (exact) mass is 215 g/mol. The number of rotatable bonds is 5. The summed E-state index contributed by atoms with van der Waals surface area (Å²) < 4.78 is 0. The van der Waals surface area contributed by atoms with Crippen molar-refractivity contribution in [3.63, 3.8) is 0 Å². The standard InChI is InChI=1S/C10H23N3.C2H6/c1-3-12(4-2)9-10-13-7-5-11-6-8-13;1-2/h11H,3-10H2,1-2H3;1-2H3. The number of piperazine rings is 1. The van der Waals surface area contributed by atoms with Crippen molar-refractivity contribution in [3.8, 4) is 0 Å². The third-order valence-corrected chi connectivity index (χ3v) is 2.84. The molecule has 0 amide bonds. The minimum Gasteiger partial charge on any atom is -0.314 e. The molecule has 0 radical (unpaired) electrons. The quantitative estimate of drug-likeness (QED) is 0.745. The van der Waals surface area contributed by atoms with Crippen molar-refractivity contribution in [3.05, 3.63) is 0 Å². The Morgan fingerprint density at radius 1 is 1.07 bits per heavy atom. The van der Waals surface area contributed by atoms with Gasteiger partial charge in [-0.05, 0) is 13.1 Å². The Kier molecular flexibility index (Phi) is 10.3. The summed E-state index contributed by atoms with van der Waals surface area (Å²) in [4.78, 5) is 5.04. The first-order valence-electron chi connectivity index (χ1n) is 6.52. The van der Waals surface area contributed by atoms with Gasteiger partial charge in [0.25, 0.3) is 0 Å². The highest BCUT2D eigenvalue weighted by Gasteiger charge is 2.09. The highest BCUT2D eigenvalue weighted by atomic mass is 15.2. The number of nitrogens with zero attached hydrogens (tertiary/aromatic N) is 2. The molecule has 0 spiro atoms. The second-order valence-corrected chi connectivity index (χ2v) is 3.62. The highest BCUT2D eigenvalue weighted by Crippen LogP contribution is 1.94. The molecule has 0 aliphatic carbocycles. The normalized spacial score (nSPS) is 17.4. The van der Waals surface area contributed by atoms with E-state index in [1.54, 1.807) is 0 Å². The Bertz CT molecular complexity index is 118. The first kappa shape index (κ1) is 14.9. The summed E-state index contributed by atoms with van der Waals surface area (Å²) in [6.07, 6.45) is 0. The summed E-state index contributed by atoms with van der Waals surface area (Å²) in [6.45, 7) is 18.1. The minimum absolute atomic E-state index is 1.16. The van der Waals surface area contributed by atoms with Gasteiger partial charge >= 0.3 is 0 Å². The van der Waals surface area contributed by atoms with Crippen LogP contribution in [0, 0.1) is 0 Å². The van der Waals surface area contributed by atoms with Crippen molar-refractivity contribution in [1.29, 1.82) is 0 Å². The van der Waals surface area contributed by atoms with E-state index in [9.17, 15) is 0 Å². The maximum absolute atomic E-state index is 3.38. The van der Waals surface area contributed by atoms with Gasteiger partial charge in [-0.2, -0.15) is 0 Å². The molecule has 3 nitrogen and oxygen atoms in total. The first-order valence-corrected chi connectivity index (χ1v) is 6.52. The third kappa shape index (κ3) is 6.88.